The molecular weight excluding hydrogens is 294 g/mol. The van der Waals surface area contributed by atoms with Crippen molar-refractivity contribution in [1.82, 2.24) is 5.32 Å². The first-order valence-corrected chi connectivity index (χ1v) is 5.83. The van der Waals surface area contributed by atoms with Crippen LogP contribution in [-0.4, -0.2) is 40.0 Å². The minimum atomic E-state index is -0.625. The molecule has 7 nitrogen and oxygen atoms in total. The van der Waals surface area contributed by atoms with Gasteiger partial charge in [-0.2, -0.15) is 0 Å². The zero-order valence-corrected chi connectivity index (χ0v) is 10.9. The van der Waals surface area contributed by atoms with Gasteiger partial charge in [0.1, 0.15) is 0 Å². The highest BCUT2D eigenvalue weighted by Gasteiger charge is 2.25. The average Bonchev–Trinajstić information content (AvgIpc) is 2.15. The van der Waals surface area contributed by atoms with E-state index in [2.05, 4.69) is 21.2 Å². The summed E-state index contributed by atoms with van der Waals surface area (Å²) in [6.07, 6.45) is -0.0886. The third-order valence-electron chi connectivity index (χ3n) is 2.35. The van der Waals surface area contributed by atoms with Gasteiger partial charge in [0.15, 0.2) is 4.62 Å². The molecule has 1 aliphatic rings. The fourth-order valence-corrected chi connectivity index (χ4v) is 2.11. The predicted molar refractivity (Wildman–Crippen MR) is 64.7 cm³/mol. The van der Waals surface area contributed by atoms with Crippen molar-refractivity contribution in [3.05, 3.63) is 21.5 Å². The fraction of sp³-hybridized carbons (Fsp3) is 0.667. The molecule has 3 N–H and O–H groups in total. The van der Waals surface area contributed by atoms with Crippen LogP contribution in [0.25, 0.3) is 0 Å². The molecule has 1 aliphatic heterocycles. The van der Waals surface area contributed by atoms with Crippen molar-refractivity contribution in [2.24, 2.45) is 0 Å². The first kappa shape index (κ1) is 14.1. The molecule has 2 atom stereocenters. The molecule has 0 aromatic carbocycles. The van der Waals surface area contributed by atoms with Crippen molar-refractivity contribution in [2.75, 3.05) is 13.2 Å². The number of halogens is 1. The lowest BCUT2D eigenvalue weighted by Gasteiger charge is -2.27. The molecule has 1 heterocycles. The van der Waals surface area contributed by atoms with Crippen molar-refractivity contribution in [3.8, 4) is 0 Å². The largest absolute Gasteiger partial charge is 0.391 e. The standard InChI is InChI=1S/C9H14BrN3O4/c1-5(8(9(10)11)13(15)16)12-6-2-7(14)4-17-3-6/h6-7,11-12,14H,2-4H2,1H3/b8-5+,11-9?. The summed E-state index contributed by atoms with van der Waals surface area (Å²) in [5.41, 5.74) is -0.0374. The number of hydrogen-bond acceptors (Lipinski definition) is 6. The Morgan fingerprint density at radius 2 is 2.29 bits per heavy atom. The van der Waals surface area contributed by atoms with Gasteiger partial charge in [-0.1, -0.05) is 0 Å². The number of nitrogens with one attached hydrogen (secondary N) is 2. The molecule has 0 spiro atoms. The normalized spacial score (nSPS) is 26.1. The Hall–Kier alpha value is -0.990. The van der Waals surface area contributed by atoms with E-state index in [0.717, 1.165) is 0 Å². The lowest BCUT2D eigenvalue weighted by Crippen LogP contribution is -2.42. The van der Waals surface area contributed by atoms with Crippen LogP contribution in [-0.2, 0) is 4.74 Å². The number of ether oxygens (including phenoxy) is 1. The van der Waals surface area contributed by atoms with Crippen molar-refractivity contribution in [2.45, 2.75) is 25.5 Å². The maximum Gasteiger partial charge on any atom is 0.319 e. The van der Waals surface area contributed by atoms with Crippen LogP contribution in [0.15, 0.2) is 11.4 Å². The SMILES string of the molecule is C/C(NC1COCC(O)C1)=C(/C(=N)Br)[N+](=O)[O-]. The van der Waals surface area contributed by atoms with Gasteiger partial charge in [-0.15, -0.1) is 0 Å². The summed E-state index contributed by atoms with van der Waals surface area (Å²) in [6.45, 7) is 2.20. The van der Waals surface area contributed by atoms with Crippen LogP contribution in [0.2, 0.25) is 0 Å². The van der Waals surface area contributed by atoms with Crippen molar-refractivity contribution in [3.63, 3.8) is 0 Å². The number of nitrogens with zero attached hydrogens (tertiary/aromatic N) is 1. The van der Waals surface area contributed by atoms with E-state index in [0.29, 0.717) is 13.0 Å². The van der Waals surface area contributed by atoms with E-state index in [1.165, 1.54) is 6.92 Å². The Morgan fingerprint density at radius 3 is 2.76 bits per heavy atom. The maximum absolute atomic E-state index is 10.7. The summed E-state index contributed by atoms with van der Waals surface area (Å²) in [4.78, 5) is 10.1. The minimum Gasteiger partial charge on any atom is -0.391 e. The van der Waals surface area contributed by atoms with Crippen LogP contribution >= 0.6 is 15.9 Å². The maximum atomic E-state index is 10.7. The van der Waals surface area contributed by atoms with E-state index in [4.69, 9.17) is 10.1 Å². The molecule has 17 heavy (non-hydrogen) atoms. The second-order valence-electron chi connectivity index (χ2n) is 3.81. The smallest absolute Gasteiger partial charge is 0.319 e. The van der Waals surface area contributed by atoms with Gasteiger partial charge in [0.2, 0.25) is 0 Å². The molecule has 1 rings (SSSR count). The summed E-state index contributed by atoms with van der Waals surface area (Å²) < 4.78 is 4.84. The van der Waals surface area contributed by atoms with Crippen LogP contribution in [0.4, 0.5) is 0 Å². The molecule has 1 fully saturated rings. The number of aliphatic hydroxyl groups is 1. The zero-order chi connectivity index (χ0) is 13.0. The summed E-state index contributed by atoms with van der Waals surface area (Å²) in [5.74, 6) is 0. The molecule has 8 heteroatoms. The Morgan fingerprint density at radius 1 is 1.65 bits per heavy atom. The van der Waals surface area contributed by atoms with E-state index in [1.54, 1.807) is 0 Å². The summed E-state index contributed by atoms with van der Waals surface area (Å²) in [7, 11) is 0. The molecule has 0 aliphatic carbocycles. The Labute approximate surface area is 107 Å². The van der Waals surface area contributed by atoms with Gasteiger partial charge in [0.05, 0.1) is 36.0 Å². The van der Waals surface area contributed by atoms with Gasteiger partial charge in [0, 0.05) is 0 Å². The fourth-order valence-electron chi connectivity index (χ4n) is 1.67. The monoisotopic (exact) mass is 307 g/mol. The second-order valence-corrected chi connectivity index (χ2v) is 4.61. The number of allylic oxidation sites excluding steroid dienone is 2. The van der Waals surface area contributed by atoms with Gasteiger partial charge < -0.3 is 15.2 Å². The lowest BCUT2D eigenvalue weighted by atomic mass is 10.1. The van der Waals surface area contributed by atoms with Crippen LogP contribution in [0.1, 0.15) is 13.3 Å². The zero-order valence-electron chi connectivity index (χ0n) is 9.27. The third-order valence-corrected chi connectivity index (χ3v) is 2.73. The average molecular weight is 308 g/mol. The van der Waals surface area contributed by atoms with Gasteiger partial charge in [-0.3, -0.25) is 15.5 Å². The molecule has 96 valence electrons. The van der Waals surface area contributed by atoms with Crippen LogP contribution in [0, 0.1) is 15.5 Å². The molecule has 0 radical (unpaired) electrons. The van der Waals surface area contributed by atoms with Crippen molar-refractivity contribution >= 4 is 20.6 Å². The van der Waals surface area contributed by atoms with Gasteiger partial charge in [-0.05, 0) is 29.3 Å². The van der Waals surface area contributed by atoms with Crippen LogP contribution in [0.5, 0.6) is 0 Å². The molecule has 0 aromatic rings. The topological polar surface area (TPSA) is 108 Å². The molecule has 0 saturated carbocycles. The van der Waals surface area contributed by atoms with Crippen LogP contribution in [0.3, 0.4) is 0 Å². The highest BCUT2D eigenvalue weighted by Crippen LogP contribution is 2.13. The Balaban J connectivity index is 2.74. The highest BCUT2D eigenvalue weighted by molar-refractivity contribution is 9.18. The quantitative estimate of drug-likeness (QED) is 0.400. The molecular formula is C9H14BrN3O4. The Kier molecular flexibility index (Phi) is 5.03. The van der Waals surface area contributed by atoms with E-state index >= 15 is 0 Å². The van der Waals surface area contributed by atoms with Gasteiger partial charge >= 0.3 is 5.70 Å². The second kappa shape index (κ2) is 6.08. The molecule has 0 bridgehead atoms. The molecule has 0 aromatic heterocycles. The number of aliphatic hydroxyl groups excluding tert-OH is 1. The number of hydrogen-bond donors (Lipinski definition) is 3. The number of rotatable bonds is 4. The molecule has 2 unspecified atom stereocenters. The first-order valence-electron chi connectivity index (χ1n) is 5.03. The third kappa shape index (κ3) is 4.06. The van der Waals surface area contributed by atoms with E-state index in [1.807, 2.05) is 0 Å². The summed E-state index contributed by atoms with van der Waals surface area (Å²) in [5, 5.41) is 30.3. The van der Waals surface area contributed by atoms with E-state index in [9.17, 15) is 15.2 Å². The number of nitro groups is 1. The lowest BCUT2D eigenvalue weighted by molar-refractivity contribution is -0.416. The minimum absolute atomic E-state index is 0.180. The summed E-state index contributed by atoms with van der Waals surface area (Å²) in [6, 6.07) is -0.180. The van der Waals surface area contributed by atoms with Gasteiger partial charge in [0.25, 0.3) is 0 Å². The predicted octanol–water partition coefficient (Wildman–Crippen LogP) is 0.606. The molecule has 0 amide bonds. The first-order chi connectivity index (χ1) is 7.91. The van der Waals surface area contributed by atoms with Gasteiger partial charge in [-0.25, -0.2) is 0 Å². The summed E-state index contributed by atoms with van der Waals surface area (Å²) >= 11 is 2.78. The van der Waals surface area contributed by atoms with Crippen molar-refractivity contribution in [1.29, 1.82) is 5.41 Å². The highest BCUT2D eigenvalue weighted by atomic mass is 79.9. The van der Waals surface area contributed by atoms with Crippen molar-refractivity contribution < 1.29 is 14.8 Å². The van der Waals surface area contributed by atoms with Crippen LogP contribution < -0.4 is 5.32 Å². The Bertz CT molecular complexity index is 342. The van der Waals surface area contributed by atoms with E-state index in [-0.39, 0.29) is 28.7 Å². The molecule has 1 saturated heterocycles. The van der Waals surface area contributed by atoms with E-state index < -0.39 is 11.0 Å².